The molecular formula is C15H17ClFNO3. The number of hydrogen-bond acceptors (Lipinski definition) is 2. The molecule has 2 atom stereocenters. The van der Waals surface area contributed by atoms with Crippen LogP contribution in [0.1, 0.15) is 43.6 Å². The lowest BCUT2D eigenvalue weighted by Crippen LogP contribution is -2.26. The fourth-order valence-corrected chi connectivity index (χ4v) is 2.68. The standard InChI is InChI=1S/C15H17ClFNO3/c16-10-4-3-5-11(17)15(10)9-8-12(9)18-13(19)6-1-2-7-14(20)21/h3-5,9,12H,1-2,6-8H2,(H,18,19)(H,20,21). The zero-order valence-corrected chi connectivity index (χ0v) is 12.2. The van der Waals surface area contributed by atoms with Gasteiger partial charge < -0.3 is 10.4 Å². The van der Waals surface area contributed by atoms with Crippen molar-refractivity contribution in [1.29, 1.82) is 0 Å². The van der Waals surface area contributed by atoms with Gasteiger partial charge in [0.15, 0.2) is 0 Å². The SMILES string of the molecule is O=C(O)CCCCC(=O)NC1CC1c1c(F)cccc1Cl. The Bertz CT molecular complexity index is 529. The van der Waals surface area contributed by atoms with Crippen LogP contribution in [-0.4, -0.2) is 23.0 Å². The molecule has 1 aromatic carbocycles. The zero-order chi connectivity index (χ0) is 15.4. The summed E-state index contributed by atoms with van der Waals surface area (Å²) in [6.45, 7) is 0. The van der Waals surface area contributed by atoms with E-state index in [1.54, 1.807) is 12.1 Å². The molecule has 1 aromatic rings. The van der Waals surface area contributed by atoms with Crippen molar-refractivity contribution in [2.75, 3.05) is 0 Å². The first kappa shape index (κ1) is 15.8. The smallest absolute Gasteiger partial charge is 0.303 e. The minimum absolute atomic E-state index is 0.0679. The first-order valence-corrected chi connectivity index (χ1v) is 7.32. The summed E-state index contributed by atoms with van der Waals surface area (Å²) in [4.78, 5) is 22.0. The Morgan fingerprint density at radius 2 is 2.05 bits per heavy atom. The second kappa shape index (κ2) is 6.89. The van der Waals surface area contributed by atoms with Gasteiger partial charge >= 0.3 is 5.97 Å². The highest BCUT2D eigenvalue weighted by Crippen LogP contribution is 2.44. The highest BCUT2D eigenvalue weighted by molar-refractivity contribution is 6.31. The number of carbonyl (C=O) groups is 2. The third kappa shape index (κ3) is 4.43. The lowest BCUT2D eigenvalue weighted by molar-refractivity contribution is -0.137. The van der Waals surface area contributed by atoms with E-state index in [0.29, 0.717) is 36.3 Å². The van der Waals surface area contributed by atoms with Crippen molar-refractivity contribution in [3.63, 3.8) is 0 Å². The maximum Gasteiger partial charge on any atom is 0.303 e. The van der Waals surface area contributed by atoms with Gasteiger partial charge in [-0.25, -0.2) is 4.39 Å². The number of hydrogen-bond donors (Lipinski definition) is 2. The Morgan fingerprint density at radius 1 is 1.33 bits per heavy atom. The van der Waals surface area contributed by atoms with Crippen molar-refractivity contribution in [2.24, 2.45) is 0 Å². The van der Waals surface area contributed by atoms with Gasteiger partial charge in [-0.3, -0.25) is 9.59 Å². The Balaban J connectivity index is 1.76. The maximum atomic E-state index is 13.7. The summed E-state index contributed by atoms with van der Waals surface area (Å²) in [6.07, 6.45) is 2.07. The number of carboxylic acids is 1. The minimum Gasteiger partial charge on any atom is -0.481 e. The Kier molecular flexibility index (Phi) is 5.17. The zero-order valence-electron chi connectivity index (χ0n) is 11.4. The fourth-order valence-electron chi connectivity index (χ4n) is 2.38. The molecule has 0 bridgehead atoms. The molecule has 4 nitrogen and oxygen atoms in total. The monoisotopic (exact) mass is 313 g/mol. The van der Waals surface area contributed by atoms with Crippen LogP contribution in [0, 0.1) is 5.82 Å². The highest BCUT2D eigenvalue weighted by Gasteiger charge is 2.42. The Hall–Kier alpha value is -1.62. The van der Waals surface area contributed by atoms with Crippen molar-refractivity contribution in [3.8, 4) is 0 Å². The highest BCUT2D eigenvalue weighted by atomic mass is 35.5. The molecule has 1 fully saturated rings. The second-order valence-electron chi connectivity index (χ2n) is 5.25. The predicted octanol–water partition coefficient (Wildman–Crippen LogP) is 3.10. The number of rotatable bonds is 7. The fraction of sp³-hybridized carbons (Fsp3) is 0.467. The van der Waals surface area contributed by atoms with Crippen LogP contribution in [0.4, 0.5) is 4.39 Å². The number of unbranched alkanes of at least 4 members (excludes halogenated alkanes) is 1. The molecule has 6 heteroatoms. The summed E-state index contributed by atoms with van der Waals surface area (Å²) >= 11 is 5.99. The third-order valence-corrected chi connectivity index (χ3v) is 3.88. The number of carboxylic acid groups (broad SMARTS) is 1. The number of amides is 1. The summed E-state index contributed by atoms with van der Waals surface area (Å²) < 4.78 is 13.7. The van der Waals surface area contributed by atoms with Crippen LogP contribution in [-0.2, 0) is 9.59 Å². The molecule has 114 valence electrons. The Morgan fingerprint density at radius 3 is 2.71 bits per heavy atom. The van der Waals surface area contributed by atoms with Crippen LogP contribution in [0.25, 0.3) is 0 Å². The van der Waals surface area contributed by atoms with E-state index < -0.39 is 5.97 Å². The van der Waals surface area contributed by atoms with Crippen molar-refractivity contribution in [2.45, 2.75) is 44.1 Å². The molecule has 0 heterocycles. The van der Waals surface area contributed by atoms with Crippen LogP contribution >= 0.6 is 11.6 Å². The average Bonchev–Trinajstić information content (AvgIpc) is 3.13. The number of nitrogens with one attached hydrogen (secondary N) is 1. The van der Waals surface area contributed by atoms with Gasteiger partial charge in [0.25, 0.3) is 0 Å². The van der Waals surface area contributed by atoms with Crippen molar-refractivity contribution in [1.82, 2.24) is 5.32 Å². The summed E-state index contributed by atoms with van der Waals surface area (Å²) in [5.41, 5.74) is 0.468. The van der Waals surface area contributed by atoms with Gasteiger partial charge in [-0.1, -0.05) is 17.7 Å². The number of halogens is 2. The summed E-state index contributed by atoms with van der Waals surface area (Å²) in [5, 5.41) is 11.7. The van der Waals surface area contributed by atoms with Crippen molar-refractivity contribution < 1.29 is 19.1 Å². The molecule has 2 rings (SSSR count). The van der Waals surface area contributed by atoms with Gasteiger partial charge in [0.2, 0.25) is 5.91 Å². The van der Waals surface area contributed by atoms with Gasteiger partial charge in [0, 0.05) is 35.4 Å². The molecule has 2 unspecified atom stereocenters. The van der Waals surface area contributed by atoms with E-state index in [2.05, 4.69) is 5.32 Å². The number of benzene rings is 1. The normalized spacial score (nSPS) is 20.1. The maximum absolute atomic E-state index is 13.7. The summed E-state index contributed by atoms with van der Waals surface area (Å²) in [7, 11) is 0. The van der Waals surface area contributed by atoms with Gasteiger partial charge in [-0.2, -0.15) is 0 Å². The van der Waals surface area contributed by atoms with Gasteiger partial charge in [0.05, 0.1) is 0 Å². The van der Waals surface area contributed by atoms with E-state index in [0.717, 1.165) is 0 Å². The molecule has 0 saturated heterocycles. The summed E-state index contributed by atoms with van der Waals surface area (Å²) in [5.74, 6) is -1.39. The molecule has 0 aromatic heterocycles. The van der Waals surface area contributed by atoms with Crippen LogP contribution in [0.5, 0.6) is 0 Å². The molecule has 0 radical (unpaired) electrons. The first-order chi connectivity index (χ1) is 9.99. The van der Waals surface area contributed by atoms with Crippen molar-refractivity contribution in [3.05, 3.63) is 34.6 Å². The topological polar surface area (TPSA) is 66.4 Å². The van der Waals surface area contributed by atoms with Crippen LogP contribution in [0.2, 0.25) is 5.02 Å². The van der Waals surface area contributed by atoms with E-state index in [1.165, 1.54) is 6.07 Å². The molecule has 1 saturated carbocycles. The molecule has 0 aliphatic heterocycles. The van der Waals surface area contributed by atoms with Crippen LogP contribution in [0.15, 0.2) is 18.2 Å². The number of aliphatic carboxylic acids is 1. The molecule has 1 amide bonds. The lowest BCUT2D eigenvalue weighted by atomic mass is 10.1. The summed E-state index contributed by atoms with van der Waals surface area (Å²) in [6, 6.07) is 4.49. The quantitative estimate of drug-likeness (QED) is 0.760. The van der Waals surface area contributed by atoms with Gasteiger partial charge in [-0.05, 0) is 31.4 Å². The van der Waals surface area contributed by atoms with Crippen LogP contribution in [0.3, 0.4) is 0 Å². The molecule has 21 heavy (non-hydrogen) atoms. The van der Waals surface area contributed by atoms with E-state index >= 15 is 0 Å². The van der Waals surface area contributed by atoms with E-state index in [4.69, 9.17) is 16.7 Å². The van der Waals surface area contributed by atoms with Gasteiger partial charge in [-0.15, -0.1) is 0 Å². The minimum atomic E-state index is -0.855. The molecular weight excluding hydrogens is 297 g/mol. The molecule has 1 aliphatic rings. The van der Waals surface area contributed by atoms with Crippen molar-refractivity contribution >= 4 is 23.5 Å². The predicted molar refractivity (Wildman–Crippen MR) is 76.8 cm³/mol. The molecule has 0 spiro atoms. The van der Waals surface area contributed by atoms with E-state index in [-0.39, 0.29) is 30.1 Å². The van der Waals surface area contributed by atoms with Crippen LogP contribution < -0.4 is 5.32 Å². The van der Waals surface area contributed by atoms with Gasteiger partial charge in [0.1, 0.15) is 5.82 Å². The van der Waals surface area contributed by atoms with E-state index in [9.17, 15) is 14.0 Å². The molecule has 1 aliphatic carbocycles. The average molecular weight is 314 g/mol. The third-order valence-electron chi connectivity index (χ3n) is 3.55. The largest absolute Gasteiger partial charge is 0.481 e. The lowest BCUT2D eigenvalue weighted by Gasteiger charge is -2.07. The Labute approximate surface area is 127 Å². The van der Waals surface area contributed by atoms with E-state index in [1.807, 2.05) is 0 Å². The second-order valence-corrected chi connectivity index (χ2v) is 5.66. The first-order valence-electron chi connectivity index (χ1n) is 6.94. The number of carbonyl (C=O) groups excluding carboxylic acids is 1. The molecule has 2 N–H and O–H groups in total.